The molecule has 0 saturated carbocycles. The highest BCUT2D eigenvalue weighted by Gasteiger charge is 2.18. The monoisotopic (exact) mass is 331 g/mol. The lowest BCUT2D eigenvalue weighted by atomic mass is 10.2. The van der Waals surface area contributed by atoms with Gasteiger partial charge in [-0.1, -0.05) is 30.3 Å². The quantitative estimate of drug-likeness (QED) is 0.642. The molecule has 2 rings (SSSR count). The van der Waals surface area contributed by atoms with E-state index in [-0.39, 0.29) is 5.91 Å². The maximum absolute atomic E-state index is 11.3. The molecule has 1 fully saturated rings. The summed E-state index contributed by atoms with van der Waals surface area (Å²) < 4.78 is 0. The van der Waals surface area contributed by atoms with Crippen LogP contribution in [0.15, 0.2) is 35.3 Å². The lowest BCUT2D eigenvalue weighted by molar-refractivity contribution is -0.130. The fourth-order valence-electron chi connectivity index (χ4n) is 2.93. The van der Waals surface area contributed by atoms with Crippen molar-refractivity contribution in [2.75, 3.05) is 53.4 Å². The second-order valence-electron chi connectivity index (χ2n) is 6.16. The summed E-state index contributed by atoms with van der Waals surface area (Å²) in [4.78, 5) is 22.1. The summed E-state index contributed by atoms with van der Waals surface area (Å²) in [6.07, 6.45) is 0. The Morgan fingerprint density at radius 3 is 2.46 bits per heavy atom. The van der Waals surface area contributed by atoms with Gasteiger partial charge >= 0.3 is 0 Å². The molecule has 0 bridgehead atoms. The highest BCUT2D eigenvalue weighted by molar-refractivity contribution is 5.79. The van der Waals surface area contributed by atoms with Crippen molar-refractivity contribution in [3.05, 3.63) is 35.9 Å². The number of hydrogen-bond acceptors (Lipinski definition) is 3. The molecule has 0 unspecified atom stereocenters. The maximum Gasteiger partial charge on any atom is 0.219 e. The summed E-state index contributed by atoms with van der Waals surface area (Å²) >= 11 is 0. The third-order valence-corrected chi connectivity index (χ3v) is 4.36. The number of piperazine rings is 1. The van der Waals surface area contributed by atoms with Crippen LogP contribution in [0.2, 0.25) is 0 Å². The van der Waals surface area contributed by atoms with Crippen LogP contribution in [0.5, 0.6) is 0 Å². The molecule has 0 aromatic heterocycles. The second kappa shape index (κ2) is 9.27. The summed E-state index contributed by atoms with van der Waals surface area (Å²) in [5, 5.41) is 3.42. The Balaban J connectivity index is 1.71. The molecule has 0 aliphatic carbocycles. The normalized spacial score (nSPS) is 16.1. The minimum absolute atomic E-state index is 0.177. The zero-order chi connectivity index (χ0) is 17.4. The van der Waals surface area contributed by atoms with Gasteiger partial charge in [-0.15, -0.1) is 0 Å². The van der Waals surface area contributed by atoms with Crippen molar-refractivity contribution < 1.29 is 4.79 Å². The average molecular weight is 331 g/mol. The van der Waals surface area contributed by atoms with Crippen LogP contribution >= 0.6 is 0 Å². The Morgan fingerprint density at radius 2 is 1.88 bits per heavy atom. The highest BCUT2D eigenvalue weighted by Crippen LogP contribution is 2.03. The van der Waals surface area contributed by atoms with E-state index in [1.807, 2.05) is 25.1 Å². The number of amides is 1. The van der Waals surface area contributed by atoms with Crippen LogP contribution in [-0.4, -0.2) is 79.9 Å². The molecule has 1 aliphatic heterocycles. The van der Waals surface area contributed by atoms with Crippen LogP contribution in [0.4, 0.5) is 0 Å². The van der Waals surface area contributed by atoms with Gasteiger partial charge in [0.1, 0.15) is 0 Å². The van der Waals surface area contributed by atoms with Crippen LogP contribution in [0.3, 0.4) is 0 Å². The standard InChI is InChI=1S/C18H29N5O/c1-16(24)23-13-11-22(12-14-23)10-9-20-18(19-2)21(3)15-17-7-5-4-6-8-17/h4-8H,9-15H2,1-3H3,(H,19,20). The van der Waals surface area contributed by atoms with Crippen molar-refractivity contribution in [1.29, 1.82) is 0 Å². The third kappa shape index (κ3) is 5.53. The van der Waals surface area contributed by atoms with Crippen molar-refractivity contribution in [1.82, 2.24) is 20.0 Å². The lowest BCUT2D eigenvalue weighted by Crippen LogP contribution is -2.50. The van der Waals surface area contributed by atoms with Crippen molar-refractivity contribution in [3.63, 3.8) is 0 Å². The molecule has 0 spiro atoms. The van der Waals surface area contributed by atoms with Gasteiger partial charge in [-0.05, 0) is 5.56 Å². The van der Waals surface area contributed by atoms with Crippen molar-refractivity contribution in [3.8, 4) is 0 Å². The summed E-state index contributed by atoms with van der Waals surface area (Å²) in [5.74, 6) is 1.08. The van der Waals surface area contributed by atoms with E-state index in [0.29, 0.717) is 0 Å². The minimum atomic E-state index is 0.177. The van der Waals surface area contributed by atoms with Gasteiger partial charge in [-0.3, -0.25) is 14.7 Å². The maximum atomic E-state index is 11.3. The molecule has 0 atom stereocenters. The number of guanidine groups is 1. The first-order chi connectivity index (χ1) is 11.6. The number of hydrogen-bond donors (Lipinski definition) is 1. The van der Waals surface area contributed by atoms with Gasteiger partial charge in [0.2, 0.25) is 5.91 Å². The second-order valence-corrected chi connectivity index (χ2v) is 6.16. The number of aliphatic imine (C=N–C) groups is 1. The van der Waals surface area contributed by atoms with Gasteiger partial charge in [0.05, 0.1) is 0 Å². The number of benzene rings is 1. The summed E-state index contributed by atoms with van der Waals surface area (Å²) in [7, 11) is 3.86. The zero-order valence-electron chi connectivity index (χ0n) is 15.0. The number of nitrogens with one attached hydrogen (secondary N) is 1. The van der Waals surface area contributed by atoms with Crippen molar-refractivity contribution >= 4 is 11.9 Å². The fraction of sp³-hybridized carbons (Fsp3) is 0.556. The first-order valence-electron chi connectivity index (χ1n) is 8.53. The van der Waals surface area contributed by atoms with Crippen LogP contribution in [0, 0.1) is 0 Å². The third-order valence-electron chi connectivity index (χ3n) is 4.36. The largest absolute Gasteiger partial charge is 0.355 e. The predicted molar refractivity (Wildman–Crippen MR) is 98.0 cm³/mol. The van der Waals surface area contributed by atoms with Crippen molar-refractivity contribution in [2.24, 2.45) is 4.99 Å². The van der Waals surface area contributed by atoms with Gasteiger partial charge < -0.3 is 15.1 Å². The van der Waals surface area contributed by atoms with Gasteiger partial charge in [0.25, 0.3) is 0 Å². The summed E-state index contributed by atoms with van der Waals surface area (Å²) in [6.45, 7) is 7.84. The molecular formula is C18H29N5O. The fourth-order valence-corrected chi connectivity index (χ4v) is 2.93. The Kier molecular flexibility index (Phi) is 7.06. The van der Waals surface area contributed by atoms with E-state index in [4.69, 9.17) is 0 Å². The average Bonchev–Trinajstić information content (AvgIpc) is 2.60. The number of nitrogens with zero attached hydrogens (tertiary/aromatic N) is 4. The zero-order valence-corrected chi connectivity index (χ0v) is 15.0. The summed E-state index contributed by atoms with van der Waals surface area (Å²) in [5.41, 5.74) is 1.27. The first-order valence-corrected chi connectivity index (χ1v) is 8.53. The number of carbonyl (C=O) groups excluding carboxylic acids is 1. The molecule has 132 valence electrons. The van der Waals surface area contributed by atoms with Crippen LogP contribution in [0.1, 0.15) is 12.5 Å². The molecule has 1 amide bonds. The molecule has 1 N–H and O–H groups in total. The molecule has 1 aliphatic rings. The smallest absolute Gasteiger partial charge is 0.219 e. The van der Waals surface area contributed by atoms with E-state index in [1.165, 1.54) is 5.56 Å². The van der Waals surface area contributed by atoms with E-state index in [1.54, 1.807) is 6.92 Å². The van der Waals surface area contributed by atoms with E-state index in [9.17, 15) is 4.79 Å². The van der Waals surface area contributed by atoms with Crippen LogP contribution in [-0.2, 0) is 11.3 Å². The Labute approximate surface area is 145 Å². The minimum Gasteiger partial charge on any atom is -0.355 e. The predicted octanol–water partition coefficient (Wildman–Crippen LogP) is 0.858. The number of rotatable bonds is 5. The van der Waals surface area contributed by atoms with E-state index >= 15 is 0 Å². The molecule has 6 nitrogen and oxygen atoms in total. The van der Waals surface area contributed by atoms with Gasteiger partial charge in [-0.25, -0.2) is 0 Å². The van der Waals surface area contributed by atoms with Crippen LogP contribution in [0.25, 0.3) is 0 Å². The van der Waals surface area contributed by atoms with E-state index in [2.05, 4.69) is 44.4 Å². The first kappa shape index (κ1) is 18.3. The Hall–Kier alpha value is -2.08. The van der Waals surface area contributed by atoms with E-state index in [0.717, 1.165) is 51.8 Å². The molecule has 1 aromatic carbocycles. The Bertz CT molecular complexity index is 538. The number of carbonyl (C=O) groups is 1. The molecule has 1 heterocycles. The highest BCUT2D eigenvalue weighted by atomic mass is 16.2. The van der Waals surface area contributed by atoms with E-state index < -0.39 is 0 Å². The van der Waals surface area contributed by atoms with Gasteiger partial charge in [0.15, 0.2) is 5.96 Å². The molecule has 6 heteroatoms. The Morgan fingerprint density at radius 1 is 1.21 bits per heavy atom. The van der Waals surface area contributed by atoms with Crippen LogP contribution < -0.4 is 5.32 Å². The topological polar surface area (TPSA) is 51.2 Å². The lowest BCUT2D eigenvalue weighted by Gasteiger charge is -2.34. The molecule has 0 radical (unpaired) electrons. The molecule has 1 saturated heterocycles. The summed E-state index contributed by atoms with van der Waals surface area (Å²) in [6, 6.07) is 10.4. The molecule has 24 heavy (non-hydrogen) atoms. The molecular weight excluding hydrogens is 302 g/mol. The van der Waals surface area contributed by atoms with Crippen molar-refractivity contribution in [2.45, 2.75) is 13.5 Å². The van der Waals surface area contributed by atoms with Gasteiger partial charge in [0, 0.05) is 66.8 Å². The van der Waals surface area contributed by atoms with Gasteiger partial charge in [-0.2, -0.15) is 0 Å². The SMILES string of the molecule is CN=C(NCCN1CCN(C(C)=O)CC1)N(C)Cc1ccccc1. The molecule has 1 aromatic rings.